The third-order valence-corrected chi connectivity index (χ3v) is 3.94. The van der Waals surface area contributed by atoms with E-state index >= 15 is 0 Å². The third kappa shape index (κ3) is 6.28. The van der Waals surface area contributed by atoms with Crippen LogP contribution in [0.1, 0.15) is 12.5 Å². The van der Waals surface area contributed by atoms with Gasteiger partial charge in [-0.15, -0.1) is 0 Å². The molecular formula is C18H28N2O2. The van der Waals surface area contributed by atoms with Crippen LogP contribution in [-0.4, -0.2) is 74.0 Å². The van der Waals surface area contributed by atoms with Gasteiger partial charge in [0.1, 0.15) is 0 Å². The van der Waals surface area contributed by atoms with Gasteiger partial charge in [-0.05, 0) is 12.5 Å². The van der Waals surface area contributed by atoms with Crippen LogP contribution in [0.4, 0.5) is 0 Å². The lowest BCUT2D eigenvalue weighted by molar-refractivity contribution is 0.0330. The number of aliphatic hydroxyl groups is 1. The third-order valence-electron chi connectivity index (χ3n) is 3.94. The van der Waals surface area contributed by atoms with Crippen molar-refractivity contribution in [1.29, 1.82) is 0 Å². The second-order valence-corrected chi connectivity index (χ2v) is 5.86. The Kier molecular flexibility index (Phi) is 7.60. The molecule has 122 valence electrons. The highest BCUT2D eigenvalue weighted by Gasteiger charge is 2.12. The zero-order chi connectivity index (χ0) is 15.6. The highest BCUT2D eigenvalue weighted by molar-refractivity contribution is 5.52. The standard InChI is InChI=1S/C18H28N2O2/c1-17(15-18-5-3-2-4-6-18)16-20(9-12-21)8-7-19-10-13-22-14-11-19/h2-6,15,21H,7-14,16H2,1H3/b17-15-. The Morgan fingerprint density at radius 3 is 2.64 bits per heavy atom. The molecule has 0 atom stereocenters. The van der Waals surface area contributed by atoms with Crippen LogP contribution in [0.25, 0.3) is 6.08 Å². The fourth-order valence-electron chi connectivity index (χ4n) is 2.75. The topological polar surface area (TPSA) is 35.9 Å². The molecular weight excluding hydrogens is 276 g/mol. The Balaban J connectivity index is 1.83. The molecule has 0 saturated carbocycles. The minimum Gasteiger partial charge on any atom is -0.395 e. The molecule has 1 N–H and O–H groups in total. The second-order valence-electron chi connectivity index (χ2n) is 5.86. The summed E-state index contributed by atoms with van der Waals surface area (Å²) in [6.07, 6.45) is 2.22. The van der Waals surface area contributed by atoms with Crippen molar-refractivity contribution in [3.05, 3.63) is 41.5 Å². The molecule has 0 aromatic heterocycles. The summed E-state index contributed by atoms with van der Waals surface area (Å²) in [4.78, 5) is 4.76. The number of nitrogens with zero attached hydrogens (tertiary/aromatic N) is 2. The summed E-state index contributed by atoms with van der Waals surface area (Å²) in [5, 5.41) is 9.28. The van der Waals surface area contributed by atoms with Crippen LogP contribution in [0.15, 0.2) is 35.9 Å². The van der Waals surface area contributed by atoms with Crippen LogP contribution in [0.5, 0.6) is 0 Å². The number of aliphatic hydroxyl groups excluding tert-OH is 1. The van der Waals surface area contributed by atoms with E-state index in [9.17, 15) is 5.11 Å². The van der Waals surface area contributed by atoms with Gasteiger partial charge < -0.3 is 9.84 Å². The molecule has 0 spiro atoms. The zero-order valence-corrected chi connectivity index (χ0v) is 13.6. The summed E-state index contributed by atoms with van der Waals surface area (Å²) in [5.41, 5.74) is 2.55. The van der Waals surface area contributed by atoms with Gasteiger partial charge in [0, 0.05) is 39.3 Å². The molecule has 0 radical (unpaired) electrons. The maximum atomic E-state index is 9.28. The molecule has 1 aromatic carbocycles. The Morgan fingerprint density at radius 1 is 1.23 bits per heavy atom. The highest BCUT2D eigenvalue weighted by Crippen LogP contribution is 2.08. The summed E-state index contributed by atoms with van der Waals surface area (Å²) >= 11 is 0. The maximum Gasteiger partial charge on any atom is 0.0594 e. The van der Waals surface area contributed by atoms with Crippen molar-refractivity contribution in [3.63, 3.8) is 0 Å². The first-order valence-electron chi connectivity index (χ1n) is 8.13. The number of ether oxygens (including phenoxy) is 1. The molecule has 0 amide bonds. The largest absolute Gasteiger partial charge is 0.395 e. The van der Waals surface area contributed by atoms with Crippen LogP contribution >= 0.6 is 0 Å². The molecule has 0 unspecified atom stereocenters. The first-order valence-corrected chi connectivity index (χ1v) is 8.13. The van der Waals surface area contributed by atoms with Crippen molar-refractivity contribution >= 4 is 6.08 Å². The summed E-state index contributed by atoms with van der Waals surface area (Å²) in [6.45, 7) is 9.75. The molecule has 4 heteroatoms. The molecule has 2 rings (SSSR count). The molecule has 0 aliphatic carbocycles. The van der Waals surface area contributed by atoms with Gasteiger partial charge in [-0.3, -0.25) is 9.80 Å². The average molecular weight is 304 g/mol. The summed E-state index contributed by atoms with van der Waals surface area (Å²) in [5.74, 6) is 0. The Labute approximate surface area is 134 Å². The minimum absolute atomic E-state index is 0.210. The van der Waals surface area contributed by atoms with Crippen LogP contribution < -0.4 is 0 Å². The van der Waals surface area contributed by atoms with Gasteiger partial charge in [-0.2, -0.15) is 0 Å². The molecule has 1 fully saturated rings. The summed E-state index contributed by atoms with van der Waals surface area (Å²) < 4.78 is 5.38. The summed E-state index contributed by atoms with van der Waals surface area (Å²) in [7, 11) is 0. The Morgan fingerprint density at radius 2 is 1.95 bits per heavy atom. The smallest absolute Gasteiger partial charge is 0.0594 e. The number of hydrogen-bond donors (Lipinski definition) is 1. The minimum atomic E-state index is 0.210. The van der Waals surface area contributed by atoms with Gasteiger partial charge in [0.2, 0.25) is 0 Å². The quantitative estimate of drug-likeness (QED) is 0.793. The molecule has 1 aliphatic rings. The fraction of sp³-hybridized carbons (Fsp3) is 0.556. The molecule has 1 heterocycles. The van der Waals surface area contributed by atoms with Gasteiger partial charge in [-0.1, -0.05) is 42.0 Å². The monoisotopic (exact) mass is 304 g/mol. The number of rotatable bonds is 8. The second kappa shape index (κ2) is 9.74. The average Bonchev–Trinajstić information content (AvgIpc) is 2.55. The normalized spacial score (nSPS) is 17.1. The van der Waals surface area contributed by atoms with Crippen molar-refractivity contribution < 1.29 is 9.84 Å². The lowest BCUT2D eigenvalue weighted by atomic mass is 10.1. The van der Waals surface area contributed by atoms with Crippen LogP contribution in [0.3, 0.4) is 0 Å². The van der Waals surface area contributed by atoms with Gasteiger partial charge in [0.25, 0.3) is 0 Å². The molecule has 0 bridgehead atoms. The van der Waals surface area contributed by atoms with E-state index in [2.05, 4.69) is 47.1 Å². The van der Waals surface area contributed by atoms with Gasteiger partial charge in [0.05, 0.1) is 19.8 Å². The van der Waals surface area contributed by atoms with Crippen molar-refractivity contribution in [3.8, 4) is 0 Å². The molecule has 1 aromatic rings. The predicted octanol–water partition coefficient (Wildman–Crippen LogP) is 1.72. The van der Waals surface area contributed by atoms with Gasteiger partial charge >= 0.3 is 0 Å². The summed E-state index contributed by atoms with van der Waals surface area (Å²) in [6, 6.07) is 10.4. The highest BCUT2D eigenvalue weighted by atomic mass is 16.5. The van der Waals surface area contributed by atoms with Crippen LogP contribution in [-0.2, 0) is 4.74 Å². The first-order chi connectivity index (χ1) is 10.8. The number of morpholine rings is 1. The Hall–Kier alpha value is -1.20. The van der Waals surface area contributed by atoms with Crippen molar-refractivity contribution in [1.82, 2.24) is 9.80 Å². The van der Waals surface area contributed by atoms with Crippen LogP contribution in [0, 0.1) is 0 Å². The fourth-order valence-corrected chi connectivity index (χ4v) is 2.75. The first kappa shape index (κ1) is 17.2. The van der Waals surface area contributed by atoms with Gasteiger partial charge in [0.15, 0.2) is 0 Å². The number of hydrogen-bond acceptors (Lipinski definition) is 4. The van der Waals surface area contributed by atoms with Crippen molar-refractivity contribution in [2.24, 2.45) is 0 Å². The molecule has 22 heavy (non-hydrogen) atoms. The number of benzene rings is 1. The van der Waals surface area contributed by atoms with E-state index in [4.69, 9.17) is 4.74 Å². The van der Waals surface area contributed by atoms with Gasteiger partial charge in [-0.25, -0.2) is 0 Å². The van der Waals surface area contributed by atoms with E-state index < -0.39 is 0 Å². The van der Waals surface area contributed by atoms with E-state index in [1.807, 2.05) is 6.07 Å². The van der Waals surface area contributed by atoms with Crippen molar-refractivity contribution in [2.75, 3.05) is 59.1 Å². The lowest BCUT2D eigenvalue weighted by Crippen LogP contribution is -2.42. The molecule has 1 saturated heterocycles. The lowest BCUT2D eigenvalue weighted by Gasteiger charge is -2.30. The predicted molar refractivity (Wildman–Crippen MR) is 90.9 cm³/mol. The van der Waals surface area contributed by atoms with Crippen LogP contribution in [0.2, 0.25) is 0 Å². The Bertz CT molecular complexity index is 442. The van der Waals surface area contributed by atoms with E-state index in [0.717, 1.165) is 52.5 Å². The maximum absolute atomic E-state index is 9.28. The molecule has 4 nitrogen and oxygen atoms in total. The zero-order valence-electron chi connectivity index (χ0n) is 13.6. The van der Waals surface area contributed by atoms with E-state index in [1.54, 1.807) is 0 Å². The SMILES string of the molecule is C/C(=C/c1ccccc1)CN(CCO)CCN1CCOCC1. The van der Waals surface area contributed by atoms with E-state index in [0.29, 0.717) is 0 Å². The molecule has 1 aliphatic heterocycles. The van der Waals surface area contributed by atoms with Crippen molar-refractivity contribution in [2.45, 2.75) is 6.92 Å². The van der Waals surface area contributed by atoms with E-state index in [1.165, 1.54) is 11.1 Å². The van der Waals surface area contributed by atoms with E-state index in [-0.39, 0.29) is 6.61 Å².